The van der Waals surface area contributed by atoms with Crippen molar-refractivity contribution < 1.29 is 4.79 Å². The first kappa shape index (κ1) is 22.4. The summed E-state index contributed by atoms with van der Waals surface area (Å²) in [5, 5.41) is 13.6. The topological polar surface area (TPSA) is 59.8 Å². The van der Waals surface area contributed by atoms with Crippen LogP contribution in [0, 0.1) is 13.8 Å². The van der Waals surface area contributed by atoms with E-state index >= 15 is 0 Å². The Hall–Kier alpha value is -2.80. The first-order valence-electron chi connectivity index (χ1n) is 9.88. The number of hydrogen-bond acceptors (Lipinski definition) is 4. The average molecular weight is 483 g/mol. The number of benzene rings is 3. The molecule has 0 spiro atoms. The molecule has 4 aromatic rings. The average Bonchev–Trinajstić information content (AvgIpc) is 3.19. The summed E-state index contributed by atoms with van der Waals surface area (Å²) < 4.78 is 1.94. The van der Waals surface area contributed by atoms with E-state index in [1.54, 1.807) is 12.1 Å². The molecule has 3 aromatic carbocycles. The summed E-state index contributed by atoms with van der Waals surface area (Å²) in [7, 11) is 0. The zero-order chi connectivity index (χ0) is 22.7. The van der Waals surface area contributed by atoms with Crippen LogP contribution in [0.1, 0.15) is 11.1 Å². The zero-order valence-electron chi connectivity index (χ0n) is 17.5. The van der Waals surface area contributed by atoms with Gasteiger partial charge >= 0.3 is 0 Å². The Morgan fingerprint density at radius 3 is 2.31 bits per heavy atom. The lowest BCUT2D eigenvalue weighted by molar-refractivity contribution is -0.113. The fraction of sp³-hybridized carbons (Fsp3) is 0.125. The molecule has 0 atom stereocenters. The standard InChI is InChI=1S/C24H20Cl2N4OS/c1-15-3-5-17(6-4-15)23-28-29-24(30(23)20-10-7-18(25)8-11-20)32-14-22(31)27-21-12-9-19(26)13-16(21)2/h3-13H,14H2,1-2H3,(H,27,31). The van der Waals surface area contributed by atoms with Crippen molar-refractivity contribution in [2.24, 2.45) is 0 Å². The number of amides is 1. The van der Waals surface area contributed by atoms with Gasteiger partial charge in [0.15, 0.2) is 11.0 Å². The number of anilines is 1. The van der Waals surface area contributed by atoms with E-state index < -0.39 is 0 Å². The van der Waals surface area contributed by atoms with Crippen molar-refractivity contribution in [3.05, 3.63) is 87.9 Å². The maximum absolute atomic E-state index is 12.6. The minimum Gasteiger partial charge on any atom is -0.325 e. The number of halogens is 2. The largest absolute Gasteiger partial charge is 0.325 e. The number of thioether (sulfide) groups is 1. The van der Waals surface area contributed by atoms with Gasteiger partial charge in [-0.2, -0.15) is 0 Å². The van der Waals surface area contributed by atoms with Gasteiger partial charge in [0.1, 0.15) is 0 Å². The molecule has 0 unspecified atom stereocenters. The van der Waals surface area contributed by atoms with Crippen molar-refractivity contribution in [2.75, 3.05) is 11.1 Å². The first-order valence-corrected chi connectivity index (χ1v) is 11.6. The van der Waals surface area contributed by atoms with Crippen LogP contribution in [-0.4, -0.2) is 26.4 Å². The molecule has 1 N–H and O–H groups in total. The molecule has 0 bridgehead atoms. The van der Waals surface area contributed by atoms with Crippen molar-refractivity contribution >= 4 is 46.6 Å². The number of nitrogens with one attached hydrogen (secondary N) is 1. The molecule has 0 aliphatic carbocycles. The third-order valence-electron chi connectivity index (χ3n) is 4.82. The van der Waals surface area contributed by atoms with Gasteiger partial charge in [0.2, 0.25) is 5.91 Å². The molecule has 162 valence electrons. The Morgan fingerprint density at radius 1 is 0.938 bits per heavy atom. The molecule has 0 aliphatic rings. The number of nitrogens with zero attached hydrogens (tertiary/aromatic N) is 3. The molecule has 0 saturated heterocycles. The Bertz CT molecular complexity index is 1250. The minimum absolute atomic E-state index is 0.136. The molecule has 1 heterocycles. The van der Waals surface area contributed by atoms with Gasteiger partial charge in [-0.15, -0.1) is 10.2 Å². The molecule has 1 amide bonds. The van der Waals surface area contributed by atoms with E-state index in [1.807, 2.05) is 73.0 Å². The van der Waals surface area contributed by atoms with Crippen LogP contribution in [0.15, 0.2) is 71.9 Å². The number of hydrogen-bond donors (Lipinski definition) is 1. The SMILES string of the molecule is Cc1ccc(-c2nnc(SCC(=O)Nc3ccc(Cl)cc3C)n2-c2ccc(Cl)cc2)cc1. The predicted molar refractivity (Wildman–Crippen MR) is 132 cm³/mol. The van der Waals surface area contributed by atoms with E-state index in [4.69, 9.17) is 23.2 Å². The summed E-state index contributed by atoms with van der Waals surface area (Å²) in [6.45, 7) is 3.94. The molecule has 0 aliphatic heterocycles. The summed E-state index contributed by atoms with van der Waals surface area (Å²) in [5.74, 6) is 0.744. The summed E-state index contributed by atoms with van der Waals surface area (Å²) in [4.78, 5) is 12.6. The monoisotopic (exact) mass is 482 g/mol. The van der Waals surface area contributed by atoms with E-state index in [0.29, 0.717) is 21.0 Å². The van der Waals surface area contributed by atoms with Crippen molar-refractivity contribution in [3.63, 3.8) is 0 Å². The van der Waals surface area contributed by atoms with Gasteiger partial charge in [0, 0.05) is 27.0 Å². The lowest BCUT2D eigenvalue weighted by Gasteiger charge is -2.11. The third-order valence-corrected chi connectivity index (χ3v) is 6.24. The van der Waals surface area contributed by atoms with Gasteiger partial charge < -0.3 is 5.32 Å². The number of carbonyl (C=O) groups is 1. The van der Waals surface area contributed by atoms with Crippen molar-refractivity contribution in [1.29, 1.82) is 0 Å². The van der Waals surface area contributed by atoms with Gasteiger partial charge in [0.05, 0.1) is 5.75 Å². The van der Waals surface area contributed by atoms with Crippen LogP contribution in [0.2, 0.25) is 10.0 Å². The molecule has 5 nitrogen and oxygen atoms in total. The van der Waals surface area contributed by atoms with E-state index in [9.17, 15) is 4.79 Å². The highest BCUT2D eigenvalue weighted by atomic mass is 35.5. The summed E-state index contributed by atoms with van der Waals surface area (Å²) in [5.41, 5.74) is 4.61. The number of aromatic nitrogens is 3. The van der Waals surface area contributed by atoms with Crippen LogP contribution in [0.5, 0.6) is 0 Å². The second-order valence-electron chi connectivity index (χ2n) is 7.28. The zero-order valence-corrected chi connectivity index (χ0v) is 19.8. The number of aryl methyl sites for hydroxylation is 2. The van der Waals surface area contributed by atoms with Gasteiger partial charge in [-0.1, -0.05) is 64.8 Å². The molecular weight excluding hydrogens is 463 g/mol. The molecule has 8 heteroatoms. The van der Waals surface area contributed by atoms with Gasteiger partial charge in [-0.25, -0.2) is 0 Å². The van der Waals surface area contributed by atoms with Crippen LogP contribution in [0.4, 0.5) is 5.69 Å². The molecule has 0 radical (unpaired) electrons. The second-order valence-corrected chi connectivity index (χ2v) is 9.10. The van der Waals surface area contributed by atoms with Crippen molar-refractivity contribution in [3.8, 4) is 17.1 Å². The molecule has 1 aromatic heterocycles. The summed E-state index contributed by atoms with van der Waals surface area (Å²) in [6, 6.07) is 20.9. The fourth-order valence-electron chi connectivity index (χ4n) is 3.16. The molecule has 4 rings (SSSR count). The normalized spacial score (nSPS) is 10.9. The highest BCUT2D eigenvalue weighted by molar-refractivity contribution is 7.99. The third kappa shape index (κ3) is 5.15. The van der Waals surface area contributed by atoms with Crippen molar-refractivity contribution in [1.82, 2.24) is 14.8 Å². The van der Waals surface area contributed by atoms with Crippen LogP contribution in [-0.2, 0) is 4.79 Å². The maximum atomic E-state index is 12.6. The van der Waals surface area contributed by atoms with Gasteiger partial charge in [0.25, 0.3) is 0 Å². The maximum Gasteiger partial charge on any atom is 0.234 e. The van der Waals surface area contributed by atoms with Gasteiger partial charge in [-0.05, 0) is 61.9 Å². The highest BCUT2D eigenvalue weighted by Crippen LogP contribution is 2.29. The van der Waals surface area contributed by atoms with Crippen LogP contribution in [0.3, 0.4) is 0 Å². The molecular formula is C24H20Cl2N4OS. The Kier molecular flexibility index (Phi) is 6.84. The Balaban J connectivity index is 1.60. The fourth-order valence-corrected chi connectivity index (χ4v) is 4.26. The smallest absolute Gasteiger partial charge is 0.234 e. The van der Waals surface area contributed by atoms with E-state index in [2.05, 4.69) is 15.5 Å². The second kappa shape index (κ2) is 9.77. The lowest BCUT2D eigenvalue weighted by atomic mass is 10.1. The quantitative estimate of drug-likeness (QED) is 0.315. The summed E-state index contributed by atoms with van der Waals surface area (Å²) in [6.07, 6.45) is 0. The summed E-state index contributed by atoms with van der Waals surface area (Å²) >= 11 is 13.4. The van der Waals surface area contributed by atoms with E-state index in [0.717, 1.165) is 28.1 Å². The van der Waals surface area contributed by atoms with E-state index in [1.165, 1.54) is 11.8 Å². The Morgan fingerprint density at radius 2 is 1.62 bits per heavy atom. The lowest BCUT2D eigenvalue weighted by Crippen LogP contribution is -2.15. The van der Waals surface area contributed by atoms with Crippen LogP contribution < -0.4 is 5.32 Å². The van der Waals surface area contributed by atoms with Gasteiger partial charge in [-0.3, -0.25) is 9.36 Å². The Labute approximate surface area is 200 Å². The van der Waals surface area contributed by atoms with E-state index in [-0.39, 0.29) is 11.7 Å². The molecule has 0 saturated carbocycles. The number of rotatable bonds is 6. The highest BCUT2D eigenvalue weighted by Gasteiger charge is 2.17. The van der Waals surface area contributed by atoms with Crippen LogP contribution in [0.25, 0.3) is 17.1 Å². The number of carbonyl (C=O) groups excluding carboxylic acids is 1. The van der Waals surface area contributed by atoms with Crippen molar-refractivity contribution in [2.45, 2.75) is 19.0 Å². The molecule has 32 heavy (non-hydrogen) atoms. The molecule has 0 fully saturated rings. The van der Waals surface area contributed by atoms with Crippen LogP contribution >= 0.6 is 35.0 Å². The first-order chi connectivity index (χ1) is 15.4. The predicted octanol–water partition coefficient (Wildman–Crippen LogP) is 6.59. The minimum atomic E-state index is -0.136.